The van der Waals surface area contributed by atoms with E-state index in [1.54, 1.807) is 18.5 Å². The first-order valence-corrected chi connectivity index (χ1v) is 8.87. The highest BCUT2D eigenvalue weighted by atomic mass is 19.1. The van der Waals surface area contributed by atoms with E-state index in [0.717, 1.165) is 29.6 Å². The number of carbonyl (C=O) groups excluding carboxylic acids is 1. The quantitative estimate of drug-likeness (QED) is 0.742. The van der Waals surface area contributed by atoms with Crippen molar-refractivity contribution in [3.63, 3.8) is 0 Å². The molecule has 2 heterocycles. The normalized spacial score (nSPS) is 18.1. The Hall–Kier alpha value is -2.73. The molecular formula is C20H21FN4O. The summed E-state index contributed by atoms with van der Waals surface area (Å²) in [6.45, 7) is 2.11. The van der Waals surface area contributed by atoms with E-state index in [9.17, 15) is 9.18 Å². The van der Waals surface area contributed by atoms with Crippen molar-refractivity contribution in [2.75, 3.05) is 13.1 Å². The van der Waals surface area contributed by atoms with Crippen LogP contribution in [-0.4, -0.2) is 28.5 Å². The molecule has 5 nitrogen and oxygen atoms in total. The third kappa shape index (κ3) is 3.46. The minimum Gasteiger partial charge on any atom is -0.347 e. The minimum absolute atomic E-state index is 0.0162. The van der Waals surface area contributed by atoms with Gasteiger partial charge in [0.25, 0.3) is 0 Å². The molecule has 0 saturated carbocycles. The fourth-order valence-electron chi connectivity index (χ4n) is 3.45. The van der Waals surface area contributed by atoms with Crippen LogP contribution >= 0.6 is 0 Å². The van der Waals surface area contributed by atoms with E-state index in [-0.39, 0.29) is 23.7 Å². The number of para-hydroxylation sites is 2. The summed E-state index contributed by atoms with van der Waals surface area (Å²) in [5.74, 6) is -0.266. The number of nitrogens with zero attached hydrogens (tertiary/aromatic N) is 2. The highest BCUT2D eigenvalue weighted by Gasteiger charge is 2.25. The molecule has 4 rings (SSSR count). The van der Waals surface area contributed by atoms with E-state index in [4.69, 9.17) is 0 Å². The summed E-state index contributed by atoms with van der Waals surface area (Å²) in [4.78, 5) is 17.1. The number of aromatic nitrogens is 2. The Kier molecular flexibility index (Phi) is 4.67. The number of fused-ring (bicyclic) bond motifs is 1. The number of hydrogen-bond acceptors (Lipinski definition) is 3. The monoisotopic (exact) mass is 352 g/mol. The largest absolute Gasteiger partial charge is 0.347 e. The van der Waals surface area contributed by atoms with Gasteiger partial charge in [0.2, 0.25) is 5.91 Å². The standard InChI is InChI=1S/C20H21FN4O/c21-16-7-5-14(6-8-16)18(24-20(26)15-9-10-22-11-15)12-25-13-23-17-3-1-2-4-19(17)25/h1-8,13,15,18,22H,9-12H2,(H,24,26). The lowest BCUT2D eigenvalue weighted by Crippen LogP contribution is -2.36. The van der Waals surface area contributed by atoms with Crippen LogP contribution in [0.5, 0.6) is 0 Å². The first-order valence-electron chi connectivity index (χ1n) is 8.87. The van der Waals surface area contributed by atoms with E-state index in [1.165, 1.54) is 12.1 Å². The third-order valence-electron chi connectivity index (χ3n) is 4.93. The zero-order valence-electron chi connectivity index (χ0n) is 14.4. The predicted octanol–water partition coefficient (Wildman–Crippen LogP) is 2.64. The van der Waals surface area contributed by atoms with E-state index in [1.807, 2.05) is 28.8 Å². The Morgan fingerprint density at radius 2 is 2.08 bits per heavy atom. The topological polar surface area (TPSA) is 59.0 Å². The van der Waals surface area contributed by atoms with E-state index in [0.29, 0.717) is 13.1 Å². The summed E-state index contributed by atoms with van der Waals surface area (Å²) in [7, 11) is 0. The van der Waals surface area contributed by atoms with Crippen molar-refractivity contribution in [3.05, 3.63) is 66.2 Å². The molecule has 1 fully saturated rings. The molecular weight excluding hydrogens is 331 g/mol. The van der Waals surface area contributed by atoms with Crippen LogP contribution < -0.4 is 10.6 Å². The van der Waals surface area contributed by atoms with Crippen LogP contribution in [0.25, 0.3) is 11.0 Å². The summed E-state index contributed by atoms with van der Waals surface area (Å²) in [5.41, 5.74) is 2.80. The van der Waals surface area contributed by atoms with Crippen LogP contribution in [0.4, 0.5) is 4.39 Å². The molecule has 1 amide bonds. The number of hydrogen-bond donors (Lipinski definition) is 2. The summed E-state index contributed by atoms with van der Waals surface area (Å²) in [6.07, 6.45) is 2.63. The van der Waals surface area contributed by atoms with Crippen molar-refractivity contribution < 1.29 is 9.18 Å². The molecule has 134 valence electrons. The van der Waals surface area contributed by atoms with Gasteiger partial charge in [0.1, 0.15) is 5.82 Å². The Labute approximate surface area is 151 Å². The smallest absolute Gasteiger partial charge is 0.224 e. The Balaban J connectivity index is 1.61. The van der Waals surface area contributed by atoms with Gasteiger partial charge in [0.15, 0.2) is 0 Å². The fraction of sp³-hybridized carbons (Fsp3) is 0.300. The molecule has 3 aromatic rings. The Bertz CT molecular complexity index is 900. The average Bonchev–Trinajstić information content (AvgIpc) is 3.32. The number of carbonyl (C=O) groups is 1. The van der Waals surface area contributed by atoms with Crippen LogP contribution in [0, 0.1) is 11.7 Å². The second-order valence-electron chi connectivity index (χ2n) is 6.69. The number of halogens is 1. The van der Waals surface area contributed by atoms with Gasteiger partial charge >= 0.3 is 0 Å². The SMILES string of the molecule is O=C(NC(Cn1cnc2ccccc21)c1ccc(F)cc1)C1CCNC1. The van der Waals surface area contributed by atoms with E-state index < -0.39 is 0 Å². The second-order valence-corrected chi connectivity index (χ2v) is 6.69. The molecule has 26 heavy (non-hydrogen) atoms. The first-order chi connectivity index (χ1) is 12.7. The Morgan fingerprint density at radius 1 is 1.27 bits per heavy atom. The van der Waals surface area contributed by atoms with Gasteiger partial charge in [0, 0.05) is 13.1 Å². The summed E-state index contributed by atoms with van der Waals surface area (Å²) in [5, 5.41) is 6.37. The van der Waals surface area contributed by atoms with Crippen molar-refractivity contribution in [2.24, 2.45) is 5.92 Å². The maximum atomic E-state index is 13.3. The van der Waals surface area contributed by atoms with Crippen molar-refractivity contribution in [1.82, 2.24) is 20.2 Å². The number of amides is 1. The van der Waals surface area contributed by atoms with Gasteiger partial charge in [-0.1, -0.05) is 24.3 Å². The average molecular weight is 352 g/mol. The van der Waals surface area contributed by atoms with Gasteiger partial charge in [-0.15, -0.1) is 0 Å². The molecule has 1 aliphatic heterocycles. The lowest BCUT2D eigenvalue weighted by atomic mass is 10.0. The maximum absolute atomic E-state index is 13.3. The number of benzene rings is 2. The lowest BCUT2D eigenvalue weighted by Gasteiger charge is -2.22. The van der Waals surface area contributed by atoms with Gasteiger partial charge in [-0.3, -0.25) is 4.79 Å². The van der Waals surface area contributed by atoms with E-state index >= 15 is 0 Å². The highest BCUT2D eigenvalue weighted by molar-refractivity contribution is 5.80. The second kappa shape index (κ2) is 7.25. The molecule has 2 atom stereocenters. The molecule has 6 heteroatoms. The molecule has 0 radical (unpaired) electrons. The fourth-order valence-corrected chi connectivity index (χ4v) is 3.45. The molecule has 0 spiro atoms. The number of imidazole rings is 1. The summed E-state index contributed by atoms with van der Waals surface area (Å²) in [6, 6.07) is 13.9. The number of rotatable bonds is 5. The molecule has 1 aromatic heterocycles. The first kappa shape index (κ1) is 16.7. The highest BCUT2D eigenvalue weighted by Crippen LogP contribution is 2.21. The third-order valence-corrected chi connectivity index (χ3v) is 4.93. The van der Waals surface area contributed by atoms with Gasteiger partial charge < -0.3 is 15.2 Å². The molecule has 2 aromatic carbocycles. The van der Waals surface area contributed by atoms with E-state index in [2.05, 4.69) is 15.6 Å². The summed E-state index contributed by atoms with van der Waals surface area (Å²) >= 11 is 0. The number of nitrogens with one attached hydrogen (secondary N) is 2. The maximum Gasteiger partial charge on any atom is 0.224 e. The molecule has 0 bridgehead atoms. The van der Waals surface area contributed by atoms with Gasteiger partial charge in [-0.25, -0.2) is 9.37 Å². The van der Waals surface area contributed by atoms with Crippen LogP contribution in [0.1, 0.15) is 18.0 Å². The van der Waals surface area contributed by atoms with Gasteiger partial charge in [0.05, 0.1) is 29.3 Å². The zero-order chi connectivity index (χ0) is 17.9. The lowest BCUT2D eigenvalue weighted by molar-refractivity contribution is -0.125. The summed E-state index contributed by atoms with van der Waals surface area (Å²) < 4.78 is 15.4. The van der Waals surface area contributed by atoms with Crippen LogP contribution in [0.2, 0.25) is 0 Å². The van der Waals surface area contributed by atoms with Crippen molar-refractivity contribution in [3.8, 4) is 0 Å². The molecule has 1 saturated heterocycles. The van der Waals surface area contributed by atoms with Crippen molar-refractivity contribution >= 4 is 16.9 Å². The molecule has 2 N–H and O–H groups in total. The zero-order valence-corrected chi connectivity index (χ0v) is 14.4. The van der Waals surface area contributed by atoms with Gasteiger partial charge in [-0.05, 0) is 42.8 Å². The van der Waals surface area contributed by atoms with Crippen LogP contribution in [-0.2, 0) is 11.3 Å². The van der Waals surface area contributed by atoms with Crippen molar-refractivity contribution in [2.45, 2.75) is 19.0 Å². The molecule has 1 aliphatic rings. The molecule has 0 aliphatic carbocycles. The molecule has 2 unspecified atom stereocenters. The van der Waals surface area contributed by atoms with Gasteiger partial charge in [-0.2, -0.15) is 0 Å². The predicted molar refractivity (Wildman–Crippen MR) is 98.0 cm³/mol. The minimum atomic E-state index is -0.285. The Morgan fingerprint density at radius 3 is 2.85 bits per heavy atom. The van der Waals surface area contributed by atoms with Crippen molar-refractivity contribution in [1.29, 1.82) is 0 Å². The van der Waals surface area contributed by atoms with Crippen LogP contribution in [0.3, 0.4) is 0 Å². The van der Waals surface area contributed by atoms with Crippen LogP contribution in [0.15, 0.2) is 54.9 Å².